The van der Waals surface area contributed by atoms with Gasteiger partial charge in [0.15, 0.2) is 5.96 Å². The molecule has 0 spiro atoms. The first-order chi connectivity index (χ1) is 6.63. The molecule has 1 atom stereocenters. The monoisotopic (exact) mass is 197 g/mol. The molecule has 1 unspecified atom stereocenters. The number of aliphatic imine (C=N–C) groups is 2. The maximum atomic E-state index is 5.61. The molecule has 0 saturated carbocycles. The van der Waals surface area contributed by atoms with Gasteiger partial charge in [0, 0.05) is 13.6 Å². The minimum atomic E-state index is 0.0200. The molecular weight excluding hydrogens is 178 g/mol. The van der Waals surface area contributed by atoms with Gasteiger partial charge in [-0.25, -0.2) is 4.99 Å². The molecule has 0 aliphatic carbocycles. The van der Waals surface area contributed by atoms with E-state index in [1.54, 1.807) is 0 Å². The largest absolute Gasteiger partial charge is 0.370 e. The summed E-state index contributed by atoms with van der Waals surface area (Å²) < 4.78 is 0. The van der Waals surface area contributed by atoms with Crippen molar-refractivity contribution in [1.82, 2.24) is 10.2 Å². The highest BCUT2D eigenvalue weighted by molar-refractivity contribution is 5.95. The second-order valence-corrected chi connectivity index (χ2v) is 3.52. The second kappa shape index (κ2) is 4.83. The van der Waals surface area contributed by atoms with E-state index < -0.39 is 0 Å². The number of guanidine groups is 2. The molecule has 5 nitrogen and oxygen atoms in total. The molecule has 1 aliphatic rings. The van der Waals surface area contributed by atoms with Crippen molar-refractivity contribution in [2.24, 2.45) is 15.7 Å². The predicted octanol–water partition coefficient (Wildman–Crippen LogP) is 0.338. The zero-order valence-corrected chi connectivity index (χ0v) is 9.12. The number of rotatable bonds is 3. The van der Waals surface area contributed by atoms with Gasteiger partial charge in [0.25, 0.3) is 0 Å². The van der Waals surface area contributed by atoms with Crippen LogP contribution in [0, 0.1) is 0 Å². The van der Waals surface area contributed by atoms with Gasteiger partial charge in [0.05, 0.1) is 0 Å². The molecule has 0 bridgehead atoms. The van der Waals surface area contributed by atoms with E-state index in [0.29, 0.717) is 5.96 Å². The van der Waals surface area contributed by atoms with E-state index in [2.05, 4.69) is 22.2 Å². The zero-order valence-electron chi connectivity index (χ0n) is 9.12. The third-order valence-electron chi connectivity index (χ3n) is 2.07. The van der Waals surface area contributed by atoms with E-state index in [1.165, 1.54) is 6.42 Å². The number of nitrogens with two attached hydrogens (primary N) is 1. The van der Waals surface area contributed by atoms with Gasteiger partial charge in [-0.3, -0.25) is 0 Å². The van der Waals surface area contributed by atoms with Crippen LogP contribution in [0.2, 0.25) is 0 Å². The van der Waals surface area contributed by atoms with Crippen LogP contribution in [0.3, 0.4) is 0 Å². The zero-order chi connectivity index (χ0) is 10.6. The number of unbranched alkanes of at least 4 members (excludes halogenated alkanes) is 1. The van der Waals surface area contributed by atoms with Crippen LogP contribution in [-0.2, 0) is 0 Å². The van der Waals surface area contributed by atoms with Gasteiger partial charge < -0.3 is 16.0 Å². The number of hydrogen-bond donors (Lipinski definition) is 2. The van der Waals surface area contributed by atoms with E-state index in [1.807, 2.05) is 18.9 Å². The molecule has 5 heteroatoms. The highest BCUT2D eigenvalue weighted by Crippen LogP contribution is 2.00. The molecule has 0 amide bonds. The van der Waals surface area contributed by atoms with Crippen LogP contribution in [0.25, 0.3) is 0 Å². The fraction of sp³-hybridized carbons (Fsp3) is 0.778. The van der Waals surface area contributed by atoms with Gasteiger partial charge in [-0.2, -0.15) is 4.99 Å². The maximum absolute atomic E-state index is 5.61. The standard InChI is InChI=1S/C9H19N5/c1-4-5-6-14(3)9-12-7(2)11-8(10)13-9/h7H,4-6H2,1-3H3,(H3,10,11,12,13). The summed E-state index contributed by atoms with van der Waals surface area (Å²) in [6.45, 7) is 5.09. The summed E-state index contributed by atoms with van der Waals surface area (Å²) in [6, 6.07) is 0. The summed E-state index contributed by atoms with van der Waals surface area (Å²) >= 11 is 0. The number of nitrogens with zero attached hydrogens (tertiary/aromatic N) is 3. The van der Waals surface area contributed by atoms with Crippen molar-refractivity contribution in [2.45, 2.75) is 32.9 Å². The second-order valence-electron chi connectivity index (χ2n) is 3.52. The molecular formula is C9H19N5. The summed E-state index contributed by atoms with van der Waals surface area (Å²) in [7, 11) is 1.99. The molecule has 80 valence electrons. The highest BCUT2D eigenvalue weighted by Gasteiger charge is 2.13. The minimum Gasteiger partial charge on any atom is -0.370 e. The first kappa shape index (κ1) is 10.8. The Labute approximate surface area is 85.1 Å². The molecule has 1 rings (SSSR count). The summed E-state index contributed by atoms with van der Waals surface area (Å²) in [5.74, 6) is 1.17. The SMILES string of the molecule is CCCCN(C)C1=NC(C)NC(N)=N1. The molecule has 0 radical (unpaired) electrons. The van der Waals surface area contributed by atoms with Gasteiger partial charge in [-0.15, -0.1) is 0 Å². The minimum absolute atomic E-state index is 0.0200. The average Bonchev–Trinajstić information content (AvgIpc) is 2.12. The fourth-order valence-electron chi connectivity index (χ4n) is 1.27. The van der Waals surface area contributed by atoms with E-state index in [9.17, 15) is 0 Å². The lowest BCUT2D eigenvalue weighted by atomic mass is 10.3. The molecule has 0 aromatic carbocycles. The van der Waals surface area contributed by atoms with Crippen molar-refractivity contribution in [3.05, 3.63) is 0 Å². The van der Waals surface area contributed by atoms with Crippen LogP contribution < -0.4 is 11.1 Å². The van der Waals surface area contributed by atoms with Crippen molar-refractivity contribution in [1.29, 1.82) is 0 Å². The van der Waals surface area contributed by atoms with Crippen molar-refractivity contribution in [2.75, 3.05) is 13.6 Å². The molecule has 3 N–H and O–H groups in total. The van der Waals surface area contributed by atoms with Crippen LogP contribution in [0.15, 0.2) is 9.98 Å². The lowest BCUT2D eigenvalue weighted by Crippen LogP contribution is -2.44. The van der Waals surface area contributed by atoms with Crippen molar-refractivity contribution in [3.63, 3.8) is 0 Å². The molecule has 1 heterocycles. The van der Waals surface area contributed by atoms with Crippen LogP contribution in [0.5, 0.6) is 0 Å². The molecule has 0 aromatic rings. The first-order valence-corrected chi connectivity index (χ1v) is 5.03. The predicted molar refractivity (Wildman–Crippen MR) is 59.2 cm³/mol. The Morgan fingerprint density at radius 1 is 1.57 bits per heavy atom. The van der Waals surface area contributed by atoms with Gasteiger partial charge in [0.1, 0.15) is 6.17 Å². The number of hydrogen-bond acceptors (Lipinski definition) is 5. The Hall–Kier alpha value is -1.26. The lowest BCUT2D eigenvalue weighted by Gasteiger charge is -2.23. The van der Waals surface area contributed by atoms with Crippen molar-refractivity contribution >= 4 is 11.9 Å². The van der Waals surface area contributed by atoms with E-state index >= 15 is 0 Å². The topological polar surface area (TPSA) is 66.0 Å². The summed E-state index contributed by atoms with van der Waals surface area (Å²) in [5, 5.41) is 2.93. The van der Waals surface area contributed by atoms with E-state index in [4.69, 9.17) is 5.73 Å². The molecule has 0 fully saturated rings. The highest BCUT2D eigenvalue weighted by atomic mass is 15.3. The summed E-state index contributed by atoms with van der Waals surface area (Å²) in [5.41, 5.74) is 5.61. The number of nitrogens with one attached hydrogen (secondary N) is 1. The van der Waals surface area contributed by atoms with E-state index in [0.717, 1.165) is 18.9 Å². The Kier molecular flexibility index (Phi) is 3.73. The van der Waals surface area contributed by atoms with Gasteiger partial charge in [-0.1, -0.05) is 13.3 Å². The van der Waals surface area contributed by atoms with Crippen LogP contribution >= 0.6 is 0 Å². The van der Waals surface area contributed by atoms with Gasteiger partial charge >= 0.3 is 0 Å². The Morgan fingerprint density at radius 3 is 2.86 bits per heavy atom. The molecule has 14 heavy (non-hydrogen) atoms. The van der Waals surface area contributed by atoms with Crippen LogP contribution in [-0.4, -0.2) is 36.6 Å². The lowest BCUT2D eigenvalue weighted by molar-refractivity contribution is 0.469. The molecule has 1 aliphatic heterocycles. The summed E-state index contributed by atoms with van der Waals surface area (Å²) in [6.07, 6.45) is 2.34. The fourth-order valence-corrected chi connectivity index (χ4v) is 1.27. The molecule has 0 aromatic heterocycles. The summed E-state index contributed by atoms with van der Waals surface area (Å²) in [4.78, 5) is 10.5. The van der Waals surface area contributed by atoms with Crippen LogP contribution in [0.1, 0.15) is 26.7 Å². The Morgan fingerprint density at radius 2 is 2.29 bits per heavy atom. The van der Waals surface area contributed by atoms with Crippen molar-refractivity contribution in [3.8, 4) is 0 Å². The third kappa shape index (κ3) is 2.90. The quantitative estimate of drug-likeness (QED) is 0.685. The van der Waals surface area contributed by atoms with Gasteiger partial charge in [-0.05, 0) is 13.3 Å². The molecule has 0 saturated heterocycles. The Balaban J connectivity index is 2.57. The third-order valence-corrected chi connectivity index (χ3v) is 2.07. The van der Waals surface area contributed by atoms with E-state index in [-0.39, 0.29) is 6.17 Å². The first-order valence-electron chi connectivity index (χ1n) is 5.03. The van der Waals surface area contributed by atoms with Crippen LogP contribution in [0.4, 0.5) is 0 Å². The van der Waals surface area contributed by atoms with Gasteiger partial charge in [0.2, 0.25) is 5.96 Å². The smallest absolute Gasteiger partial charge is 0.225 e. The maximum Gasteiger partial charge on any atom is 0.225 e. The van der Waals surface area contributed by atoms with Crippen molar-refractivity contribution < 1.29 is 0 Å². The normalized spacial score (nSPS) is 20.9. The Bertz CT molecular complexity index is 246. The average molecular weight is 197 g/mol.